The second-order valence-corrected chi connectivity index (χ2v) is 14.2. The van der Waals surface area contributed by atoms with E-state index in [-0.39, 0.29) is 46.6 Å². The number of thioether (sulfide) groups is 1. The fraction of sp³-hybridized carbons (Fsp3) is 0.333. The van der Waals surface area contributed by atoms with Crippen LogP contribution < -0.4 is 34.7 Å². The molecule has 0 radical (unpaired) electrons. The molecular weight excluding hydrogens is 581 g/mol. The number of hydrogen-bond donors (Lipinski definition) is 1. The summed E-state index contributed by atoms with van der Waals surface area (Å²) in [6, 6.07) is 22.6. The van der Waals surface area contributed by atoms with Gasteiger partial charge in [-0.05, 0) is 104 Å². The molecule has 1 N–H and O–H groups in total. The van der Waals surface area contributed by atoms with Gasteiger partial charge in [0.05, 0.1) is 25.8 Å². The molecule has 8 heteroatoms. The van der Waals surface area contributed by atoms with Crippen LogP contribution in [0.2, 0.25) is 4.34 Å². The predicted molar refractivity (Wildman–Crippen MR) is 166 cm³/mol. The number of aryl methyl sites for hydroxylation is 1. The minimum Gasteiger partial charge on any atom is -0.550 e. The smallest absolute Gasteiger partial charge is 0.550 e. The number of hydrogen-bond acceptors (Lipinski definition) is 6. The van der Waals surface area contributed by atoms with Gasteiger partial charge in [-0.25, -0.2) is 4.98 Å². The number of aromatic nitrogens is 1. The maximum absolute atomic E-state index is 11.4. The van der Waals surface area contributed by atoms with Gasteiger partial charge in [-0.15, -0.1) is 11.3 Å². The SMILES string of the molecule is CC(C)(O)c1ccccc1CCC(SCC1(CC(=O)[O-])CC1)c1cccc(/C=C/c2ccc3sc(Cl)cc3n2)c1.[Na+]. The molecular formula is C33H33ClNNaO3S2. The normalized spacial score (nSPS) is 15.1. The van der Waals surface area contributed by atoms with Gasteiger partial charge < -0.3 is 15.0 Å². The number of nitrogens with zero attached hydrogens (tertiary/aromatic N) is 1. The summed E-state index contributed by atoms with van der Waals surface area (Å²) in [4.78, 5) is 16.1. The van der Waals surface area contributed by atoms with Crippen molar-refractivity contribution in [2.45, 2.75) is 56.8 Å². The number of carbonyl (C=O) groups excluding carboxylic acids is 1. The van der Waals surface area contributed by atoms with Crippen molar-refractivity contribution in [1.82, 2.24) is 4.98 Å². The van der Waals surface area contributed by atoms with E-state index in [9.17, 15) is 15.0 Å². The maximum Gasteiger partial charge on any atom is 1.00 e. The van der Waals surface area contributed by atoms with Crippen molar-refractivity contribution in [2.75, 3.05) is 5.75 Å². The summed E-state index contributed by atoms with van der Waals surface area (Å²) in [7, 11) is 0. The van der Waals surface area contributed by atoms with Crippen molar-refractivity contribution in [3.05, 3.63) is 99.0 Å². The Hall–Kier alpha value is -1.64. The summed E-state index contributed by atoms with van der Waals surface area (Å²) in [5.41, 5.74) is 5.11. The standard InChI is InChI=1S/C33H34ClNO3S2.Na/c1-32(2,38)26-9-4-3-7-23(26)11-14-28(39-21-33(16-17-33)20-31(36)37)24-8-5-6-22(18-24)10-12-25-13-15-29-27(35-25)19-30(34)40-29;/h3-10,12-13,15,18-19,28,38H,11,14,16-17,20-21H2,1-2H3,(H,36,37);/q;+1/p-1/b12-10+;. The number of pyridine rings is 1. The Morgan fingerprint density at radius 1 is 1.15 bits per heavy atom. The van der Waals surface area contributed by atoms with Gasteiger partial charge >= 0.3 is 29.6 Å². The van der Waals surface area contributed by atoms with Gasteiger partial charge in [-0.2, -0.15) is 11.8 Å². The van der Waals surface area contributed by atoms with E-state index in [1.165, 1.54) is 16.9 Å². The molecule has 1 atom stereocenters. The van der Waals surface area contributed by atoms with E-state index >= 15 is 0 Å². The second-order valence-electron chi connectivity index (χ2n) is 11.3. The van der Waals surface area contributed by atoms with Gasteiger partial charge in [0.1, 0.15) is 0 Å². The Balaban J connectivity index is 0.00000387. The third-order valence-electron chi connectivity index (χ3n) is 7.51. The number of halogens is 1. The molecule has 2 aromatic heterocycles. The molecule has 4 nitrogen and oxygen atoms in total. The Morgan fingerprint density at radius 2 is 1.93 bits per heavy atom. The van der Waals surface area contributed by atoms with Crippen LogP contribution >= 0.6 is 34.7 Å². The van der Waals surface area contributed by atoms with E-state index in [1.54, 1.807) is 0 Å². The molecule has 208 valence electrons. The molecule has 5 rings (SSSR count). The number of aliphatic carboxylic acids is 1. The third-order valence-corrected chi connectivity index (χ3v) is 10.4. The van der Waals surface area contributed by atoms with Crippen LogP contribution in [0.3, 0.4) is 0 Å². The first-order valence-corrected chi connectivity index (χ1v) is 15.8. The molecule has 1 aliphatic rings. The van der Waals surface area contributed by atoms with Gasteiger partial charge in [-0.1, -0.05) is 66.2 Å². The van der Waals surface area contributed by atoms with Crippen LogP contribution in [0.1, 0.15) is 72.7 Å². The van der Waals surface area contributed by atoms with Crippen LogP contribution in [0, 0.1) is 5.41 Å². The summed E-state index contributed by atoms with van der Waals surface area (Å²) in [5.74, 6) is -0.163. The topological polar surface area (TPSA) is 73.2 Å². The largest absolute Gasteiger partial charge is 1.00 e. The van der Waals surface area contributed by atoms with E-state index in [4.69, 9.17) is 16.6 Å². The maximum atomic E-state index is 11.4. The summed E-state index contributed by atoms with van der Waals surface area (Å²) in [5, 5.41) is 22.3. The van der Waals surface area contributed by atoms with Crippen LogP contribution in [0.15, 0.2) is 66.7 Å². The van der Waals surface area contributed by atoms with Crippen molar-refractivity contribution in [3.63, 3.8) is 0 Å². The van der Waals surface area contributed by atoms with E-state index in [2.05, 4.69) is 36.4 Å². The van der Waals surface area contributed by atoms with Gasteiger partial charge in [0.2, 0.25) is 0 Å². The number of aliphatic hydroxyl groups is 1. The molecule has 1 unspecified atom stereocenters. The minimum atomic E-state index is -0.961. The molecule has 1 aliphatic carbocycles. The molecule has 4 aromatic rings. The minimum absolute atomic E-state index is 0. The van der Waals surface area contributed by atoms with Crippen molar-refractivity contribution < 1.29 is 44.6 Å². The van der Waals surface area contributed by atoms with E-state index < -0.39 is 11.6 Å². The summed E-state index contributed by atoms with van der Waals surface area (Å²) in [6.45, 7) is 3.65. The first-order chi connectivity index (χ1) is 19.1. The number of benzene rings is 2. The zero-order chi connectivity index (χ0) is 28.3. The first kappa shape index (κ1) is 32.3. The van der Waals surface area contributed by atoms with E-state index in [0.717, 1.165) is 68.4 Å². The second kappa shape index (κ2) is 13.8. The fourth-order valence-electron chi connectivity index (χ4n) is 5.15. The molecule has 0 saturated heterocycles. The Bertz CT molecular complexity index is 1540. The zero-order valence-electron chi connectivity index (χ0n) is 23.7. The number of rotatable bonds is 12. The number of carboxylic acid groups (broad SMARTS) is 1. The molecule has 41 heavy (non-hydrogen) atoms. The Kier molecular flexibility index (Phi) is 10.8. The van der Waals surface area contributed by atoms with Crippen LogP contribution in [-0.4, -0.2) is 21.8 Å². The molecule has 0 spiro atoms. The fourth-order valence-corrected chi connectivity index (χ4v) is 7.80. The molecule has 0 amide bonds. The van der Waals surface area contributed by atoms with Gasteiger partial charge in [0.25, 0.3) is 0 Å². The summed E-state index contributed by atoms with van der Waals surface area (Å²) in [6.07, 6.45) is 7.81. The monoisotopic (exact) mass is 613 g/mol. The van der Waals surface area contributed by atoms with Gasteiger partial charge in [0.15, 0.2) is 0 Å². The van der Waals surface area contributed by atoms with Crippen LogP contribution in [0.4, 0.5) is 0 Å². The summed E-state index contributed by atoms with van der Waals surface area (Å²) >= 11 is 9.52. The van der Waals surface area contributed by atoms with Crippen LogP contribution in [-0.2, 0) is 16.8 Å². The molecule has 1 saturated carbocycles. The van der Waals surface area contributed by atoms with Crippen molar-refractivity contribution in [1.29, 1.82) is 0 Å². The summed E-state index contributed by atoms with van der Waals surface area (Å²) < 4.78 is 1.81. The Morgan fingerprint density at radius 3 is 2.66 bits per heavy atom. The van der Waals surface area contributed by atoms with E-state index in [0.29, 0.717) is 0 Å². The van der Waals surface area contributed by atoms with Crippen molar-refractivity contribution >= 4 is 63.0 Å². The quantitative estimate of drug-likeness (QED) is 0.235. The van der Waals surface area contributed by atoms with Crippen molar-refractivity contribution in [2.24, 2.45) is 5.41 Å². The molecule has 0 bridgehead atoms. The molecule has 0 aliphatic heterocycles. The average molecular weight is 614 g/mol. The third kappa shape index (κ3) is 8.70. The van der Waals surface area contributed by atoms with Crippen molar-refractivity contribution in [3.8, 4) is 0 Å². The Labute approximate surface area is 277 Å². The van der Waals surface area contributed by atoms with Crippen LogP contribution in [0.5, 0.6) is 0 Å². The first-order valence-electron chi connectivity index (χ1n) is 13.6. The number of thiophene rings is 1. The predicted octanol–water partition coefficient (Wildman–Crippen LogP) is 4.68. The average Bonchev–Trinajstić information content (AvgIpc) is 3.56. The van der Waals surface area contributed by atoms with Crippen LogP contribution in [0.25, 0.3) is 22.4 Å². The number of carbonyl (C=O) groups is 1. The molecule has 2 aromatic carbocycles. The van der Waals surface area contributed by atoms with Gasteiger partial charge in [-0.3, -0.25) is 0 Å². The number of fused-ring (bicyclic) bond motifs is 1. The van der Waals surface area contributed by atoms with Gasteiger partial charge in [0, 0.05) is 11.2 Å². The molecule has 2 heterocycles. The number of carboxylic acids is 1. The zero-order valence-corrected chi connectivity index (χ0v) is 28.1. The molecule has 1 fully saturated rings. The van der Waals surface area contributed by atoms with E-state index in [1.807, 2.05) is 68.1 Å².